The predicted molar refractivity (Wildman–Crippen MR) is 77.0 cm³/mol. The summed E-state index contributed by atoms with van der Waals surface area (Å²) in [6, 6.07) is 4.87. The monoisotopic (exact) mass is 262 g/mol. The van der Waals surface area contributed by atoms with Crippen LogP contribution in [0.1, 0.15) is 44.3 Å². The Morgan fingerprint density at radius 2 is 2.16 bits per heavy atom. The molecule has 2 saturated carbocycles. The molecule has 2 aliphatic rings. The van der Waals surface area contributed by atoms with E-state index in [1.165, 1.54) is 51.6 Å². The molecule has 0 radical (unpaired) electrons. The minimum absolute atomic E-state index is 0.504. The van der Waals surface area contributed by atoms with E-state index < -0.39 is 0 Å². The molecule has 0 bridgehead atoms. The molecule has 3 rings (SSSR count). The Morgan fingerprint density at radius 1 is 1.37 bits per heavy atom. The second-order valence-corrected chi connectivity index (χ2v) is 6.61. The van der Waals surface area contributed by atoms with Crippen LogP contribution in [-0.4, -0.2) is 31.1 Å². The summed E-state index contributed by atoms with van der Waals surface area (Å²) in [5, 5.41) is 3.75. The predicted octanol–water partition coefficient (Wildman–Crippen LogP) is 3.02. The largest absolute Gasteiger partial charge is 0.468 e. The van der Waals surface area contributed by atoms with Gasteiger partial charge < -0.3 is 9.73 Å². The molecule has 0 spiro atoms. The van der Waals surface area contributed by atoms with Crippen LogP contribution in [0.5, 0.6) is 0 Å². The van der Waals surface area contributed by atoms with Crippen LogP contribution in [-0.2, 0) is 6.54 Å². The molecule has 3 nitrogen and oxygen atoms in total. The fraction of sp³-hybridized carbons (Fsp3) is 0.750. The summed E-state index contributed by atoms with van der Waals surface area (Å²) in [4.78, 5) is 2.43. The van der Waals surface area contributed by atoms with Gasteiger partial charge in [-0.2, -0.15) is 0 Å². The number of nitrogens with zero attached hydrogens (tertiary/aromatic N) is 1. The SMILES string of the molecule is CN(Cc1ccco1)CC1(CNC2CC2)CCCC1. The van der Waals surface area contributed by atoms with E-state index in [1.807, 2.05) is 6.07 Å². The first kappa shape index (κ1) is 13.2. The fourth-order valence-corrected chi connectivity index (χ4v) is 3.46. The highest BCUT2D eigenvalue weighted by Crippen LogP contribution is 2.39. The van der Waals surface area contributed by atoms with E-state index in [4.69, 9.17) is 4.42 Å². The van der Waals surface area contributed by atoms with Crippen LogP contribution in [0.2, 0.25) is 0 Å². The molecule has 2 aliphatic carbocycles. The van der Waals surface area contributed by atoms with Crippen LogP contribution in [0.3, 0.4) is 0 Å². The molecule has 0 aromatic carbocycles. The van der Waals surface area contributed by atoms with Crippen LogP contribution in [0, 0.1) is 5.41 Å². The molecular formula is C16H26N2O. The van der Waals surface area contributed by atoms with E-state index in [-0.39, 0.29) is 0 Å². The Bertz CT molecular complexity index is 377. The fourth-order valence-electron chi connectivity index (χ4n) is 3.46. The lowest BCUT2D eigenvalue weighted by atomic mass is 9.85. The second-order valence-electron chi connectivity index (χ2n) is 6.61. The van der Waals surface area contributed by atoms with E-state index in [0.717, 1.165) is 18.3 Å². The van der Waals surface area contributed by atoms with Crippen molar-refractivity contribution >= 4 is 0 Å². The summed E-state index contributed by atoms with van der Waals surface area (Å²) in [6.45, 7) is 3.33. The topological polar surface area (TPSA) is 28.4 Å². The summed E-state index contributed by atoms with van der Waals surface area (Å²) >= 11 is 0. The molecule has 0 aliphatic heterocycles. The van der Waals surface area contributed by atoms with E-state index in [1.54, 1.807) is 6.26 Å². The average Bonchev–Trinajstić information content (AvgIpc) is 2.87. The summed E-state index contributed by atoms with van der Waals surface area (Å²) < 4.78 is 5.45. The van der Waals surface area contributed by atoms with Crippen molar-refractivity contribution in [1.29, 1.82) is 0 Å². The summed E-state index contributed by atoms with van der Waals surface area (Å²) in [5.41, 5.74) is 0.504. The third-order valence-corrected chi connectivity index (χ3v) is 4.62. The standard InChI is InChI=1S/C16H26N2O/c1-18(11-15-5-4-10-19-15)13-16(8-2-3-9-16)12-17-14-6-7-14/h4-5,10,14,17H,2-3,6-9,11-13H2,1H3. The first-order valence-electron chi connectivity index (χ1n) is 7.70. The third-order valence-electron chi connectivity index (χ3n) is 4.62. The quantitative estimate of drug-likeness (QED) is 0.819. The van der Waals surface area contributed by atoms with Crippen molar-refractivity contribution in [3.05, 3.63) is 24.2 Å². The van der Waals surface area contributed by atoms with E-state index in [0.29, 0.717) is 5.41 Å². The van der Waals surface area contributed by atoms with Gasteiger partial charge in [-0.25, -0.2) is 0 Å². The van der Waals surface area contributed by atoms with Crippen LogP contribution in [0.4, 0.5) is 0 Å². The first-order valence-corrected chi connectivity index (χ1v) is 7.70. The van der Waals surface area contributed by atoms with Crippen LogP contribution >= 0.6 is 0 Å². The normalized spacial score (nSPS) is 22.2. The van der Waals surface area contributed by atoms with Crippen LogP contribution < -0.4 is 5.32 Å². The molecule has 0 atom stereocenters. The van der Waals surface area contributed by atoms with Crippen molar-refractivity contribution in [3.63, 3.8) is 0 Å². The van der Waals surface area contributed by atoms with Crippen molar-refractivity contribution in [2.75, 3.05) is 20.1 Å². The highest BCUT2D eigenvalue weighted by atomic mass is 16.3. The van der Waals surface area contributed by atoms with Crippen molar-refractivity contribution in [1.82, 2.24) is 10.2 Å². The number of nitrogens with one attached hydrogen (secondary N) is 1. The summed E-state index contributed by atoms with van der Waals surface area (Å²) in [5.74, 6) is 1.07. The molecule has 1 aromatic rings. The van der Waals surface area contributed by atoms with Crippen molar-refractivity contribution in [2.45, 2.75) is 51.1 Å². The van der Waals surface area contributed by atoms with Crippen molar-refractivity contribution in [3.8, 4) is 0 Å². The zero-order valence-electron chi connectivity index (χ0n) is 12.0. The Hall–Kier alpha value is -0.800. The molecule has 19 heavy (non-hydrogen) atoms. The number of rotatable bonds is 7. The number of furan rings is 1. The van der Waals surface area contributed by atoms with Gasteiger partial charge in [0.25, 0.3) is 0 Å². The van der Waals surface area contributed by atoms with Gasteiger partial charge in [0, 0.05) is 19.1 Å². The summed E-state index contributed by atoms with van der Waals surface area (Å²) in [6.07, 6.45) is 10.1. The molecule has 2 fully saturated rings. The molecular weight excluding hydrogens is 236 g/mol. The zero-order chi connectivity index (χ0) is 13.1. The van der Waals surface area contributed by atoms with Gasteiger partial charge in [-0.15, -0.1) is 0 Å². The minimum atomic E-state index is 0.504. The maximum atomic E-state index is 5.45. The second kappa shape index (κ2) is 5.68. The molecule has 1 N–H and O–H groups in total. The van der Waals surface area contributed by atoms with Gasteiger partial charge in [-0.1, -0.05) is 12.8 Å². The minimum Gasteiger partial charge on any atom is -0.468 e. The smallest absolute Gasteiger partial charge is 0.117 e. The van der Waals surface area contributed by atoms with Gasteiger partial charge in [0.2, 0.25) is 0 Å². The maximum Gasteiger partial charge on any atom is 0.117 e. The average molecular weight is 262 g/mol. The highest BCUT2D eigenvalue weighted by Gasteiger charge is 2.36. The highest BCUT2D eigenvalue weighted by molar-refractivity contribution is 4.99. The first-order chi connectivity index (χ1) is 9.26. The third kappa shape index (κ3) is 3.61. The zero-order valence-corrected chi connectivity index (χ0v) is 12.0. The van der Waals surface area contributed by atoms with Gasteiger partial charge in [0.05, 0.1) is 12.8 Å². The van der Waals surface area contributed by atoms with Crippen molar-refractivity contribution in [2.24, 2.45) is 5.41 Å². The lowest BCUT2D eigenvalue weighted by molar-refractivity contribution is 0.160. The van der Waals surface area contributed by atoms with Crippen LogP contribution in [0.25, 0.3) is 0 Å². The van der Waals surface area contributed by atoms with Gasteiger partial charge in [-0.3, -0.25) is 4.90 Å². The molecule has 1 aromatic heterocycles. The number of hydrogen-bond acceptors (Lipinski definition) is 3. The Morgan fingerprint density at radius 3 is 2.79 bits per heavy atom. The maximum absolute atomic E-state index is 5.45. The molecule has 0 unspecified atom stereocenters. The van der Waals surface area contributed by atoms with E-state index >= 15 is 0 Å². The van der Waals surface area contributed by atoms with E-state index in [9.17, 15) is 0 Å². The Labute approximate surface area is 116 Å². The lowest BCUT2D eigenvalue weighted by Crippen LogP contribution is -2.41. The number of hydrogen-bond donors (Lipinski definition) is 1. The molecule has 0 amide bonds. The Kier molecular flexibility index (Phi) is 3.94. The molecule has 106 valence electrons. The Balaban J connectivity index is 1.53. The van der Waals surface area contributed by atoms with E-state index in [2.05, 4.69) is 23.3 Å². The van der Waals surface area contributed by atoms with Gasteiger partial charge >= 0.3 is 0 Å². The van der Waals surface area contributed by atoms with Crippen molar-refractivity contribution < 1.29 is 4.42 Å². The van der Waals surface area contributed by atoms with Gasteiger partial charge in [0.1, 0.15) is 5.76 Å². The molecule has 0 saturated heterocycles. The van der Waals surface area contributed by atoms with Gasteiger partial charge in [0.15, 0.2) is 0 Å². The lowest BCUT2D eigenvalue weighted by Gasteiger charge is -2.33. The van der Waals surface area contributed by atoms with Crippen LogP contribution in [0.15, 0.2) is 22.8 Å². The van der Waals surface area contributed by atoms with Gasteiger partial charge in [-0.05, 0) is 50.3 Å². The molecule has 3 heteroatoms. The summed E-state index contributed by atoms with van der Waals surface area (Å²) in [7, 11) is 2.22. The molecule has 1 heterocycles.